The summed E-state index contributed by atoms with van der Waals surface area (Å²) in [5.74, 6) is -0.279. The van der Waals surface area contributed by atoms with E-state index in [9.17, 15) is 13.2 Å². The number of nitrogens with zero attached hydrogens (tertiary/aromatic N) is 1. The Balaban J connectivity index is 2.46. The molecule has 2 aromatic rings. The first-order valence-corrected chi connectivity index (χ1v) is 9.81. The summed E-state index contributed by atoms with van der Waals surface area (Å²) in [5, 5.41) is 2.89. The lowest BCUT2D eigenvalue weighted by atomic mass is 10.1. The van der Waals surface area contributed by atoms with Crippen molar-refractivity contribution in [3.05, 3.63) is 53.1 Å². The molecule has 0 aromatic heterocycles. The van der Waals surface area contributed by atoms with Crippen molar-refractivity contribution in [3.8, 4) is 5.75 Å². The van der Waals surface area contributed by atoms with Gasteiger partial charge in [-0.3, -0.25) is 9.63 Å². The standard InChI is InChI=1S/C19H24N2O5S/c1-6-14-9-7-8-13(2)18(14)20-19(22)15-10-11-16(25-4)17(12-15)27(23,24)21(3)26-5/h7-12H,6H2,1-5H3,(H,20,22). The van der Waals surface area contributed by atoms with Crippen molar-refractivity contribution in [2.24, 2.45) is 0 Å². The summed E-state index contributed by atoms with van der Waals surface area (Å²) >= 11 is 0. The van der Waals surface area contributed by atoms with E-state index in [0.29, 0.717) is 4.47 Å². The predicted molar refractivity (Wildman–Crippen MR) is 103 cm³/mol. The van der Waals surface area contributed by atoms with Gasteiger partial charge in [0.2, 0.25) is 0 Å². The van der Waals surface area contributed by atoms with E-state index in [1.54, 1.807) is 0 Å². The molecular weight excluding hydrogens is 368 g/mol. The number of hydroxylamine groups is 1. The van der Waals surface area contributed by atoms with Crippen molar-refractivity contribution < 1.29 is 22.8 Å². The molecule has 27 heavy (non-hydrogen) atoms. The summed E-state index contributed by atoms with van der Waals surface area (Å²) < 4.78 is 31.1. The highest BCUT2D eigenvalue weighted by Gasteiger charge is 2.26. The molecule has 0 unspecified atom stereocenters. The smallest absolute Gasteiger partial charge is 0.268 e. The van der Waals surface area contributed by atoms with Crippen LogP contribution in [0.2, 0.25) is 0 Å². The summed E-state index contributed by atoms with van der Waals surface area (Å²) in [6.45, 7) is 3.91. The van der Waals surface area contributed by atoms with E-state index in [2.05, 4.69) is 5.32 Å². The molecule has 8 heteroatoms. The summed E-state index contributed by atoms with van der Waals surface area (Å²) in [6, 6.07) is 10.0. The Morgan fingerprint density at radius 2 is 1.89 bits per heavy atom. The summed E-state index contributed by atoms with van der Waals surface area (Å²) in [7, 11) is -0.105. The fraction of sp³-hybridized carbons (Fsp3) is 0.316. The summed E-state index contributed by atoms with van der Waals surface area (Å²) in [5.41, 5.74) is 2.87. The van der Waals surface area contributed by atoms with Crippen molar-refractivity contribution >= 4 is 21.6 Å². The molecule has 0 aliphatic carbocycles. The molecular formula is C19H24N2O5S. The monoisotopic (exact) mass is 392 g/mol. The van der Waals surface area contributed by atoms with E-state index in [1.165, 1.54) is 39.5 Å². The number of sulfonamides is 1. The van der Waals surface area contributed by atoms with Crippen molar-refractivity contribution in [2.75, 3.05) is 26.6 Å². The van der Waals surface area contributed by atoms with Gasteiger partial charge in [-0.2, -0.15) is 0 Å². The van der Waals surface area contributed by atoms with E-state index in [4.69, 9.17) is 9.57 Å². The van der Waals surface area contributed by atoms with Gasteiger partial charge in [0.1, 0.15) is 10.6 Å². The third-order valence-corrected chi connectivity index (χ3v) is 5.98. The van der Waals surface area contributed by atoms with Crippen LogP contribution in [-0.2, 0) is 21.3 Å². The topological polar surface area (TPSA) is 84.9 Å². The van der Waals surface area contributed by atoms with Crippen molar-refractivity contribution in [3.63, 3.8) is 0 Å². The zero-order valence-corrected chi connectivity index (χ0v) is 16.9. The molecule has 0 saturated carbocycles. The average molecular weight is 392 g/mol. The zero-order valence-electron chi connectivity index (χ0n) is 16.1. The van der Waals surface area contributed by atoms with Gasteiger partial charge < -0.3 is 10.1 Å². The van der Waals surface area contributed by atoms with Crippen LogP contribution >= 0.6 is 0 Å². The van der Waals surface area contributed by atoms with Gasteiger partial charge in [0.25, 0.3) is 15.9 Å². The zero-order chi connectivity index (χ0) is 20.2. The first-order chi connectivity index (χ1) is 12.8. The minimum atomic E-state index is -3.98. The molecule has 146 valence electrons. The predicted octanol–water partition coefficient (Wildman–Crippen LogP) is 3.00. The number of amides is 1. The molecule has 2 rings (SSSR count). The quantitative estimate of drug-likeness (QED) is 0.732. The number of ether oxygens (including phenoxy) is 1. The number of nitrogens with one attached hydrogen (secondary N) is 1. The Kier molecular flexibility index (Phi) is 6.59. The largest absolute Gasteiger partial charge is 0.495 e. The van der Waals surface area contributed by atoms with Gasteiger partial charge >= 0.3 is 0 Å². The highest BCUT2D eigenvalue weighted by molar-refractivity contribution is 7.89. The Morgan fingerprint density at radius 3 is 2.48 bits per heavy atom. The van der Waals surface area contributed by atoms with E-state index < -0.39 is 15.9 Å². The lowest BCUT2D eigenvalue weighted by molar-refractivity contribution is -0.0259. The third kappa shape index (κ3) is 4.29. The molecule has 0 aliphatic heterocycles. The van der Waals surface area contributed by atoms with Crippen LogP contribution in [0.4, 0.5) is 5.69 Å². The Bertz CT molecular complexity index is 941. The second-order valence-electron chi connectivity index (χ2n) is 5.88. The molecule has 0 aliphatic rings. The van der Waals surface area contributed by atoms with Crippen molar-refractivity contribution in [2.45, 2.75) is 25.2 Å². The number of aryl methyl sites for hydroxylation is 2. The van der Waals surface area contributed by atoms with Crippen LogP contribution in [0, 0.1) is 6.92 Å². The number of benzene rings is 2. The van der Waals surface area contributed by atoms with Crippen LogP contribution in [0.5, 0.6) is 5.75 Å². The van der Waals surface area contributed by atoms with Crippen LogP contribution in [0.15, 0.2) is 41.3 Å². The van der Waals surface area contributed by atoms with Crippen LogP contribution in [-0.4, -0.2) is 40.1 Å². The fourth-order valence-electron chi connectivity index (χ4n) is 2.64. The highest BCUT2D eigenvalue weighted by atomic mass is 32.2. The molecule has 1 N–H and O–H groups in total. The van der Waals surface area contributed by atoms with Gasteiger partial charge in [-0.15, -0.1) is 0 Å². The summed E-state index contributed by atoms with van der Waals surface area (Å²) in [4.78, 5) is 17.4. The van der Waals surface area contributed by atoms with Crippen molar-refractivity contribution in [1.29, 1.82) is 0 Å². The molecule has 0 atom stereocenters. The lowest BCUT2D eigenvalue weighted by Gasteiger charge is -2.17. The van der Waals surface area contributed by atoms with Gasteiger partial charge in [0.15, 0.2) is 0 Å². The molecule has 7 nitrogen and oxygen atoms in total. The molecule has 2 aromatic carbocycles. The Morgan fingerprint density at radius 1 is 1.19 bits per heavy atom. The number of hydrogen-bond donors (Lipinski definition) is 1. The Hall–Kier alpha value is -2.42. The average Bonchev–Trinajstić information content (AvgIpc) is 2.67. The highest BCUT2D eigenvalue weighted by Crippen LogP contribution is 2.28. The van der Waals surface area contributed by atoms with Gasteiger partial charge in [-0.05, 0) is 42.7 Å². The first kappa shape index (κ1) is 20.9. The number of carbonyl (C=O) groups is 1. The first-order valence-electron chi connectivity index (χ1n) is 8.37. The minimum absolute atomic E-state index is 0.126. The van der Waals surface area contributed by atoms with E-state index in [0.717, 1.165) is 23.2 Å². The maximum absolute atomic E-state index is 12.8. The third-order valence-electron chi connectivity index (χ3n) is 4.28. The number of carbonyl (C=O) groups excluding carboxylic acids is 1. The minimum Gasteiger partial charge on any atom is -0.495 e. The molecule has 0 radical (unpaired) electrons. The maximum atomic E-state index is 12.8. The molecule has 0 bridgehead atoms. The second-order valence-corrected chi connectivity index (χ2v) is 7.78. The van der Waals surface area contributed by atoms with Crippen LogP contribution in [0.1, 0.15) is 28.4 Å². The number of methoxy groups -OCH3 is 1. The number of hydrogen-bond acceptors (Lipinski definition) is 5. The molecule has 0 spiro atoms. The normalized spacial score (nSPS) is 11.5. The fourth-order valence-corrected chi connectivity index (χ4v) is 3.80. The van der Waals surface area contributed by atoms with Crippen LogP contribution in [0.25, 0.3) is 0 Å². The molecule has 1 amide bonds. The maximum Gasteiger partial charge on any atom is 0.268 e. The SMILES string of the molecule is CCc1cccc(C)c1NC(=O)c1ccc(OC)c(S(=O)(=O)N(C)OC)c1. The lowest BCUT2D eigenvalue weighted by Crippen LogP contribution is -2.26. The van der Waals surface area contributed by atoms with E-state index >= 15 is 0 Å². The van der Waals surface area contributed by atoms with Crippen LogP contribution in [0.3, 0.4) is 0 Å². The van der Waals surface area contributed by atoms with Gasteiger partial charge in [0, 0.05) is 18.3 Å². The number of para-hydroxylation sites is 1. The van der Waals surface area contributed by atoms with Crippen LogP contribution < -0.4 is 10.1 Å². The van der Waals surface area contributed by atoms with Crippen molar-refractivity contribution in [1.82, 2.24) is 4.47 Å². The van der Waals surface area contributed by atoms with Gasteiger partial charge in [-0.25, -0.2) is 8.42 Å². The number of anilines is 1. The molecule has 0 fully saturated rings. The molecule has 0 saturated heterocycles. The van der Waals surface area contributed by atoms with E-state index in [1.807, 2.05) is 32.0 Å². The van der Waals surface area contributed by atoms with E-state index in [-0.39, 0.29) is 16.2 Å². The number of rotatable bonds is 7. The second kappa shape index (κ2) is 8.51. The molecule has 0 heterocycles. The van der Waals surface area contributed by atoms with Gasteiger partial charge in [-0.1, -0.05) is 29.6 Å². The van der Waals surface area contributed by atoms with Gasteiger partial charge in [0.05, 0.1) is 14.2 Å². The summed E-state index contributed by atoms with van der Waals surface area (Å²) in [6.07, 6.45) is 0.762. The Labute approximate surface area is 159 Å².